The Labute approximate surface area is 244 Å². The maximum absolute atomic E-state index is 11.2. The Bertz CT molecular complexity index is 1430. The maximum Gasteiger partial charge on any atom is 0.300 e. The predicted octanol–water partition coefficient (Wildman–Crippen LogP) is 6.00. The van der Waals surface area contributed by atoms with Crippen LogP contribution in [0.15, 0.2) is 47.1 Å². The first-order valence-electron chi connectivity index (χ1n) is 14.8. The summed E-state index contributed by atoms with van der Waals surface area (Å²) in [6, 6.07) is 13.3. The molecule has 42 heavy (non-hydrogen) atoms. The van der Waals surface area contributed by atoms with Crippen molar-refractivity contribution in [1.29, 1.82) is 0 Å². The van der Waals surface area contributed by atoms with Gasteiger partial charge in [-0.05, 0) is 53.5 Å². The van der Waals surface area contributed by atoms with Crippen molar-refractivity contribution in [3.63, 3.8) is 0 Å². The van der Waals surface area contributed by atoms with Crippen LogP contribution in [0, 0.1) is 16.0 Å². The molecule has 0 atom stereocenters. The molecule has 1 saturated carbocycles. The van der Waals surface area contributed by atoms with Crippen LogP contribution in [-0.2, 0) is 6.54 Å². The zero-order valence-corrected chi connectivity index (χ0v) is 23.7. The molecule has 0 unspecified atom stereocenters. The molecule has 0 aliphatic heterocycles. The van der Waals surface area contributed by atoms with Gasteiger partial charge in [0.1, 0.15) is 0 Å². The minimum atomic E-state index is -0.488. The van der Waals surface area contributed by atoms with Gasteiger partial charge in [-0.3, -0.25) is 10.1 Å². The van der Waals surface area contributed by atoms with Crippen LogP contribution >= 0.6 is 0 Å². The predicted molar refractivity (Wildman–Crippen MR) is 163 cm³/mol. The van der Waals surface area contributed by atoms with Crippen LogP contribution in [0.1, 0.15) is 63.4 Å². The quantitative estimate of drug-likeness (QED) is 0.0700. The van der Waals surface area contributed by atoms with Gasteiger partial charge in [-0.25, -0.2) is 4.63 Å². The molecule has 0 bridgehead atoms. The highest BCUT2D eigenvalue weighted by Crippen LogP contribution is 2.28. The summed E-state index contributed by atoms with van der Waals surface area (Å²) in [4.78, 5) is 24.5. The van der Waals surface area contributed by atoms with Crippen molar-refractivity contribution in [2.45, 2.75) is 64.3 Å². The lowest BCUT2D eigenvalue weighted by Gasteiger charge is -2.21. The number of nitro benzene ring substituents is 1. The Kier molecular flexibility index (Phi) is 10.3. The van der Waals surface area contributed by atoms with Gasteiger partial charge in [0.15, 0.2) is 5.52 Å². The molecule has 2 aromatic carbocycles. The van der Waals surface area contributed by atoms with Crippen LogP contribution in [-0.4, -0.2) is 49.8 Å². The van der Waals surface area contributed by atoms with Gasteiger partial charge in [-0.2, -0.15) is 15.0 Å². The lowest BCUT2D eigenvalue weighted by Crippen LogP contribution is -2.19. The largest absolute Gasteiger partial charge is 0.383 e. The Balaban J connectivity index is 1.06. The van der Waals surface area contributed by atoms with Crippen molar-refractivity contribution in [3.8, 4) is 0 Å². The van der Waals surface area contributed by atoms with E-state index in [0.717, 1.165) is 44.3 Å². The van der Waals surface area contributed by atoms with Gasteiger partial charge in [-0.1, -0.05) is 62.4 Å². The molecule has 5 rings (SSSR count). The first-order chi connectivity index (χ1) is 20.7. The summed E-state index contributed by atoms with van der Waals surface area (Å²) in [7, 11) is 0. The van der Waals surface area contributed by atoms with E-state index in [-0.39, 0.29) is 11.2 Å². The summed E-state index contributed by atoms with van der Waals surface area (Å²) in [5.41, 5.74) is 2.25. The van der Waals surface area contributed by atoms with Crippen LogP contribution in [0.3, 0.4) is 0 Å². The number of hydrogen-bond acceptors (Lipinski definition) is 12. The van der Waals surface area contributed by atoms with E-state index < -0.39 is 4.92 Å². The van der Waals surface area contributed by atoms with Crippen LogP contribution in [0.25, 0.3) is 11.0 Å². The summed E-state index contributed by atoms with van der Waals surface area (Å²) in [6.45, 7) is 2.99. The SMILES string of the molecule is O=[N+]([O-])c1ccc(NCCCCCCNc2nc(NCc3ccccc3)nc(NCC3CCCCC3)n2)c2nonc12. The van der Waals surface area contributed by atoms with E-state index in [9.17, 15) is 10.1 Å². The van der Waals surface area contributed by atoms with Crippen molar-refractivity contribution in [2.75, 3.05) is 40.9 Å². The number of nitrogens with zero attached hydrogens (tertiary/aromatic N) is 6. The number of anilines is 4. The maximum atomic E-state index is 11.2. The Hall–Kier alpha value is -4.55. The zero-order chi connectivity index (χ0) is 29.0. The van der Waals surface area contributed by atoms with Crippen LogP contribution in [0.2, 0.25) is 0 Å². The molecular formula is C29H38N10O3. The fraction of sp³-hybridized carbons (Fsp3) is 0.483. The van der Waals surface area contributed by atoms with Gasteiger partial charge in [-0.15, -0.1) is 0 Å². The molecule has 13 heteroatoms. The van der Waals surface area contributed by atoms with Crippen molar-refractivity contribution < 1.29 is 9.55 Å². The monoisotopic (exact) mass is 574 g/mol. The van der Waals surface area contributed by atoms with Gasteiger partial charge in [0, 0.05) is 32.2 Å². The summed E-state index contributed by atoms with van der Waals surface area (Å²) in [5.74, 6) is 2.39. The molecule has 0 saturated heterocycles. The topological polar surface area (TPSA) is 169 Å². The smallest absolute Gasteiger partial charge is 0.300 e. The highest BCUT2D eigenvalue weighted by Gasteiger charge is 2.19. The third-order valence-electron chi connectivity index (χ3n) is 7.50. The van der Waals surface area contributed by atoms with Crippen LogP contribution in [0.5, 0.6) is 0 Å². The second-order valence-electron chi connectivity index (χ2n) is 10.6. The summed E-state index contributed by atoms with van der Waals surface area (Å²) in [5, 5.41) is 32.1. The number of unbranched alkanes of at least 4 members (excludes halogenated alkanes) is 3. The number of nitrogens with one attached hydrogen (secondary N) is 4. The standard InChI is InChI=1S/C29H38N10O3/c40-39(41)24-16-15-23(25-26(24)38-42-37-25)30-17-9-1-2-10-18-31-27-34-28(32-19-21-11-5-3-6-12-21)36-29(35-27)33-20-22-13-7-4-8-14-22/h3,5-6,11-12,15-16,22,30H,1-2,4,7-10,13-14,17-20H2,(H3,31,32,33,34,35,36). The molecule has 1 fully saturated rings. The Morgan fingerprint density at radius 2 is 1.43 bits per heavy atom. The highest BCUT2D eigenvalue weighted by atomic mass is 16.6. The minimum Gasteiger partial charge on any atom is -0.383 e. The van der Waals surface area contributed by atoms with E-state index in [4.69, 9.17) is 4.63 Å². The van der Waals surface area contributed by atoms with Crippen molar-refractivity contribution in [2.24, 2.45) is 5.92 Å². The van der Waals surface area contributed by atoms with E-state index in [1.54, 1.807) is 6.07 Å². The minimum absolute atomic E-state index is 0.117. The molecule has 1 aliphatic carbocycles. The number of hydrogen-bond donors (Lipinski definition) is 4. The normalized spacial score (nSPS) is 13.6. The van der Waals surface area contributed by atoms with Crippen molar-refractivity contribution in [1.82, 2.24) is 25.3 Å². The number of non-ortho nitro benzene ring substituents is 1. The fourth-order valence-corrected chi connectivity index (χ4v) is 5.19. The number of rotatable bonds is 16. The average Bonchev–Trinajstić information content (AvgIpc) is 3.52. The molecule has 13 nitrogen and oxygen atoms in total. The summed E-state index contributed by atoms with van der Waals surface area (Å²) in [6.07, 6.45) is 10.4. The molecule has 222 valence electrons. The summed E-state index contributed by atoms with van der Waals surface area (Å²) < 4.78 is 4.72. The van der Waals surface area contributed by atoms with E-state index in [1.807, 2.05) is 18.2 Å². The average molecular weight is 575 g/mol. The first kappa shape index (κ1) is 29.0. The Morgan fingerprint density at radius 3 is 2.17 bits per heavy atom. The molecule has 2 aromatic heterocycles. The third kappa shape index (κ3) is 8.24. The van der Waals surface area contributed by atoms with Gasteiger partial charge in [0.25, 0.3) is 0 Å². The zero-order valence-electron chi connectivity index (χ0n) is 23.7. The van der Waals surface area contributed by atoms with Crippen LogP contribution < -0.4 is 21.3 Å². The van der Waals surface area contributed by atoms with Gasteiger partial charge < -0.3 is 21.3 Å². The van der Waals surface area contributed by atoms with Gasteiger partial charge >= 0.3 is 5.69 Å². The number of benzene rings is 2. The van der Waals surface area contributed by atoms with E-state index in [1.165, 1.54) is 38.2 Å². The lowest BCUT2D eigenvalue weighted by molar-refractivity contribution is -0.383. The third-order valence-corrected chi connectivity index (χ3v) is 7.50. The van der Waals surface area contributed by atoms with Gasteiger partial charge in [0.05, 0.1) is 10.6 Å². The second-order valence-corrected chi connectivity index (χ2v) is 10.6. The van der Waals surface area contributed by atoms with E-state index >= 15 is 0 Å². The molecule has 0 radical (unpaired) electrons. The van der Waals surface area contributed by atoms with Crippen molar-refractivity contribution in [3.05, 3.63) is 58.1 Å². The molecule has 2 heterocycles. The molecule has 4 aromatic rings. The highest BCUT2D eigenvalue weighted by molar-refractivity contribution is 5.93. The van der Waals surface area contributed by atoms with Gasteiger partial charge in [0.2, 0.25) is 23.4 Å². The molecular weight excluding hydrogens is 536 g/mol. The lowest BCUT2D eigenvalue weighted by atomic mass is 9.89. The fourth-order valence-electron chi connectivity index (χ4n) is 5.19. The molecule has 1 aliphatic rings. The molecule has 4 N–H and O–H groups in total. The Morgan fingerprint density at radius 1 is 0.762 bits per heavy atom. The summed E-state index contributed by atoms with van der Waals surface area (Å²) >= 11 is 0. The molecule has 0 amide bonds. The number of aromatic nitrogens is 5. The first-order valence-corrected chi connectivity index (χ1v) is 14.8. The van der Waals surface area contributed by atoms with E-state index in [0.29, 0.717) is 48.1 Å². The number of nitro groups is 1. The van der Waals surface area contributed by atoms with Crippen molar-refractivity contribution >= 4 is 40.3 Å². The van der Waals surface area contributed by atoms with Crippen LogP contribution in [0.4, 0.5) is 29.2 Å². The number of fused-ring (bicyclic) bond motifs is 1. The molecule has 0 spiro atoms. The van der Waals surface area contributed by atoms with E-state index in [2.05, 4.69) is 58.7 Å². The second kappa shape index (κ2) is 14.9.